The molecule has 1 fully saturated rings. The molecule has 18 heavy (non-hydrogen) atoms. The van der Waals surface area contributed by atoms with Crippen LogP contribution in [0.2, 0.25) is 0 Å². The van der Waals surface area contributed by atoms with E-state index in [2.05, 4.69) is 0 Å². The lowest BCUT2D eigenvalue weighted by atomic mass is 9.99. The zero-order valence-corrected chi connectivity index (χ0v) is 9.79. The summed E-state index contributed by atoms with van der Waals surface area (Å²) >= 11 is 0. The highest BCUT2D eigenvalue weighted by molar-refractivity contribution is 5.92. The van der Waals surface area contributed by atoms with Crippen LogP contribution in [0.15, 0.2) is 35.6 Å². The fraction of sp³-hybridized carbons (Fsp3) is 0.385. The van der Waals surface area contributed by atoms with Crippen LogP contribution in [-0.2, 0) is 23.8 Å². The summed E-state index contributed by atoms with van der Waals surface area (Å²) in [6.45, 7) is 1.65. The molecule has 3 unspecified atom stereocenters. The van der Waals surface area contributed by atoms with Crippen molar-refractivity contribution in [2.45, 2.75) is 25.7 Å². The van der Waals surface area contributed by atoms with Crippen molar-refractivity contribution in [3.05, 3.63) is 35.6 Å². The zero-order valence-electron chi connectivity index (χ0n) is 9.79. The number of hydrogen-bond donors (Lipinski definition) is 0. The van der Waals surface area contributed by atoms with Gasteiger partial charge in [-0.3, -0.25) is 0 Å². The van der Waals surface area contributed by atoms with Gasteiger partial charge in [0.05, 0.1) is 11.8 Å². The van der Waals surface area contributed by atoms with Gasteiger partial charge in [-0.25, -0.2) is 9.59 Å². The van der Waals surface area contributed by atoms with Gasteiger partial charge in [0.15, 0.2) is 0 Å². The van der Waals surface area contributed by atoms with E-state index in [1.165, 1.54) is 6.26 Å². The van der Waals surface area contributed by atoms with E-state index >= 15 is 0 Å². The molecule has 0 bridgehead atoms. The highest BCUT2D eigenvalue weighted by Crippen LogP contribution is 2.36. The second-order valence-corrected chi connectivity index (χ2v) is 4.47. The number of ether oxygens (including phenoxy) is 3. The minimum absolute atomic E-state index is 0.0275. The van der Waals surface area contributed by atoms with Gasteiger partial charge in [-0.15, -0.1) is 0 Å². The van der Waals surface area contributed by atoms with Crippen molar-refractivity contribution in [3.8, 4) is 0 Å². The fourth-order valence-electron chi connectivity index (χ4n) is 2.24. The lowest BCUT2D eigenvalue weighted by Gasteiger charge is -2.09. The molecule has 0 N–H and O–H groups in total. The van der Waals surface area contributed by atoms with Crippen molar-refractivity contribution >= 4 is 11.9 Å². The van der Waals surface area contributed by atoms with Crippen molar-refractivity contribution in [2.75, 3.05) is 0 Å². The highest BCUT2D eigenvalue weighted by Gasteiger charge is 2.40. The molecule has 0 spiro atoms. The molecule has 3 atom stereocenters. The molecule has 0 amide bonds. The summed E-state index contributed by atoms with van der Waals surface area (Å²) in [6.07, 6.45) is 6.64. The summed E-state index contributed by atoms with van der Waals surface area (Å²) in [4.78, 5) is 22.7. The molecule has 0 radical (unpaired) electrons. The SMILES string of the molecule is CC1=CC(OC=C2C(=O)OC3C=CCC23)OC1=O. The Kier molecular flexibility index (Phi) is 2.47. The molecule has 0 saturated carbocycles. The van der Waals surface area contributed by atoms with Crippen LogP contribution in [0.1, 0.15) is 13.3 Å². The van der Waals surface area contributed by atoms with E-state index in [1.54, 1.807) is 13.0 Å². The Morgan fingerprint density at radius 1 is 1.33 bits per heavy atom. The quantitative estimate of drug-likeness (QED) is 0.318. The van der Waals surface area contributed by atoms with E-state index in [1.807, 2.05) is 12.2 Å². The second-order valence-electron chi connectivity index (χ2n) is 4.47. The van der Waals surface area contributed by atoms with Crippen LogP contribution in [0.5, 0.6) is 0 Å². The normalized spacial score (nSPS) is 35.5. The first kappa shape index (κ1) is 11.1. The van der Waals surface area contributed by atoms with Gasteiger partial charge in [0, 0.05) is 17.6 Å². The molecule has 1 saturated heterocycles. The minimum Gasteiger partial charge on any atom is -0.458 e. The van der Waals surface area contributed by atoms with Gasteiger partial charge >= 0.3 is 11.9 Å². The van der Waals surface area contributed by atoms with Gasteiger partial charge in [-0.05, 0) is 19.4 Å². The molecule has 3 aliphatic rings. The molecule has 1 aliphatic carbocycles. The van der Waals surface area contributed by atoms with Gasteiger partial charge in [0.25, 0.3) is 6.29 Å². The molecule has 0 aromatic rings. The van der Waals surface area contributed by atoms with Crippen molar-refractivity contribution in [1.82, 2.24) is 0 Å². The van der Waals surface area contributed by atoms with Crippen molar-refractivity contribution in [2.24, 2.45) is 5.92 Å². The molecule has 5 nitrogen and oxygen atoms in total. The summed E-state index contributed by atoms with van der Waals surface area (Å²) in [5.74, 6) is -0.730. The molecular weight excluding hydrogens is 236 g/mol. The third-order valence-corrected chi connectivity index (χ3v) is 3.25. The molecule has 3 rings (SSSR count). The van der Waals surface area contributed by atoms with E-state index in [-0.39, 0.29) is 18.0 Å². The number of cyclic esters (lactones) is 1. The Bertz CT molecular complexity index is 500. The average Bonchev–Trinajstić information content (AvgIpc) is 2.94. The number of carbonyl (C=O) groups is 2. The third kappa shape index (κ3) is 1.72. The standard InChI is InChI=1S/C13H12O5/c1-7-5-11(18-12(7)14)16-6-9-8-3-2-4-10(8)17-13(9)15/h2,4-6,8,10-11H,3H2,1H3. The maximum Gasteiger partial charge on any atom is 0.338 e. The lowest BCUT2D eigenvalue weighted by molar-refractivity contribution is -0.152. The smallest absolute Gasteiger partial charge is 0.338 e. The van der Waals surface area contributed by atoms with Crippen LogP contribution in [0, 0.1) is 5.92 Å². The second kappa shape index (κ2) is 4.01. The molecule has 0 aromatic carbocycles. The van der Waals surface area contributed by atoms with E-state index in [4.69, 9.17) is 14.2 Å². The number of rotatable bonds is 2. The van der Waals surface area contributed by atoms with Crippen LogP contribution in [-0.4, -0.2) is 24.3 Å². The minimum atomic E-state index is -0.744. The van der Waals surface area contributed by atoms with Gasteiger partial charge in [-0.2, -0.15) is 0 Å². The Morgan fingerprint density at radius 3 is 2.89 bits per heavy atom. The molecule has 94 valence electrons. The fourth-order valence-corrected chi connectivity index (χ4v) is 2.24. The van der Waals surface area contributed by atoms with Gasteiger partial charge in [0.1, 0.15) is 6.10 Å². The van der Waals surface area contributed by atoms with E-state index < -0.39 is 12.3 Å². The summed E-state index contributed by atoms with van der Waals surface area (Å²) in [7, 11) is 0. The average molecular weight is 248 g/mol. The molecule has 0 aromatic heterocycles. The van der Waals surface area contributed by atoms with Gasteiger partial charge < -0.3 is 14.2 Å². The number of esters is 2. The zero-order chi connectivity index (χ0) is 12.7. The third-order valence-electron chi connectivity index (χ3n) is 3.25. The van der Waals surface area contributed by atoms with Crippen LogP contribution in [0.4, 0.5) is 0 Å². The number of fused-ring (bicyclic) bond motifs is 1. The number of allylic oxidation sites excluding steroid dienone is 1. The Balaban J connectivity index is 1.70. The Morgan fingerprint density at radius 2 is 2.17 bits per heavy atom. The lowest BCUT2D eigenvalue weighted by Crippen LogP contribution is -2.12. The summed E-state index contributed by atoms with van der Waals surface area (Å²) in [6, 6.07) is 0. The number of hydrogen-bond acceptors (Lipinski definition) is 5. The monoisotopic (exact) mass is 248 g/mol. The first-order valence-electron chi connectivity index (χ1n) is 5.78. The maximum absolute atomic E-state index is 11.6. The molecule has 2 heterocycles. The van der Waals surface area contributed by atoms with Crippen LogP contribution < -0.4 is 0 Å². The van der Waals surface area contributed by atoms with Gasteiger partial charge in [0.2, 0.25) is 0 Å². The summed E-state index contributed by atoms with van der Waals surface area (Å²) in [5, 5.41) is 0. The van der Waals surface area contributed by atoms with Crippen LogP contribution in [0.3, 0.4) is 0 Å². The first-order chi connectivity index (χ1) is 8.65. The van der Waals surface area contributed by atoms with E-state index in [0.29, 0.717) is 11.1 Å². The van der Waals surface area contributed by atoms with E-state index in [9.17, 15) is 9.59 Å². The Labute approximate surface area is 104 Å². The van der Waals surface area contributed by atoms with Crippen LogP contribution >= 0.6 is 0 Å². The van der Waals surface area contributed by atoms with E-state index in [0.717, 1.165) is 6.42 Å². The largest absolute Gasteiger partial charge is 0.458 e. The van der Waals surface area contributed by atoms with Crippen molar-refractivity contribution in [1.29, 1.82) is 0 Å². The maximum atomic E-state index is 11.6. The van der Waals surface area contributed by atoms with Gasteiger partial charge in [-0.1, -0.05) is 6.08 Å². The Hall–Kier alpha value is -2.04. The van der Waals surface area contributed by atoms with Crippen molar-refractivity contribution in [3.63, 3.8) is 0 Å². The molecule has 2 aliphatic heterocycles. The molecule has 5 heteroatoms. The highest BCUT2D eigenvalue weighted by atomic mass is 16.7. The summed E-state index contributed by atoms with van der Waals surface area (Å²) in [5.41, 5.74) is 1.01. The first-order valence-corrected chi connectivity index (χ1v) is 5.78. The van der Waals surface area contributed by atoms with Crippen molar-refractivity contribution < 1.29 is 23.8 Å². The van der Waals surface area contributed by atoms with Crippen LogP contribution in [0.25, 0.3) is 0 Å². The molecular formula is C13H12O5. The predicted molar refractivity (Wildman–Crippen MR) is 59.9 cm³/mol. The predicted octanol–water partition coefficient (Wildman–Crippen LogP) is 1.22. The summed E-state index contributed by atoms with van der Waals surface area (Å²) < 4.78 is 15.4. The topological polar surface area (TPSA) is 61.8 Å². The number of carbonyl (C=O) groups excluding carboxylic acids is 2.